The maximum Gasteiger partial charge on any atom is 0.415 e. The molecule has 8 nitrogen and oxygen atoms in total. The lowest BCUT2D eigenvalue weighted by Crippen LogP contribution is -2.11. The van der Waals surface area contributed by atoms with Crippen molar-refractivity contribution in [1.29, 1.82) is 0 Å². The van der Waals surface area contributed by atoms with E-state index in [1.807, 2.05) is 0 Å². The smallest absolute Gasteiger partial charge is 0.415 e. The molecule has 1 heterocycles. The maximum absolute atomic E-state index is 12.2. The first-order chi connectivity index (χ1) is 10.3. The number of sulfone groups is 1. The fraction of sp³-hybridized carbons (Fsp3) is 0.154. The summed E-state index contributed by atoms with van der Waals surface area (Å²) in [6.07, 6.45) is -0.0786. The van der Waals surface area contributed by atoms with E-state index < -0.39 is 20.9 Å². The molecule has 2 rings (SSSR count). The summed E-state index contributed by atoms with van der Waals surface area (Å²) in [5, 5.41) is 20.0. The quantitative estimate of drug-likeness (QED) is 0.681. The SMILES string of the molecule is CCS(=O)(=O)c1ccc([N+](=O)[O-])cc1-c1cccn1C(=O)O. The molecular weight excluding hydrogens is 312 g/mol. The number of nitro groups is 1. The van der Waals surface area contributed by atoms with E-state index in [0.29, 0.717) is 0 Å². The molecule has 0 saturated heterocycles. The average Bonchev–Trinajstić information content (AvgIpc) is 2.96. The molecule has 116 valence electrons. The molecular formula is C13H12N2O6S. The van der Waals surface area contributed by atoms with Crippen molar-refractivity contribution in [2.24, 2.45) is 0 Å². The van der Waals surface area contributed by atoms with Crippen molar-refractivity contribution in [3.8, 4) is 11.3 Å². The average molecular weight is 324 g/mol. The minimum atomic E-state index is -3.67. The van der Waals surface area contributed by atoms with Gasteiger partial charge < -0.3 is 5.11 Å². The van der Waals surface area contributed by atoms with Gasteiger partial charge in [-0.3, -0.25) is 14.7 Å². The van der Waals surface area contributed by atoms with E-state index in [9.17, 15) is 23.3 Å². The van der Waals surface area contributed by atoms with Gasteiger partial charge in [-0.05, 0) is 18.2 Å². The molecule has 0 saturated carbocycles. The molecule has 0 atom stereocenters. The third-order valence-electron chi connectivity index (χ3n) is 3.12. The number of non-ortho nitro benzene ring substituents is 1. The summed E-state index contributed by atoms with van der Waals surface area (Å²) in [4.78, 5) is 21.3. The third kappa shape index (κ3) is 2.70. The van der Waals surface area contributed by atoms with Crippen LogP contribution in [0.25, 0.3) is 11.3 Å². The Morgan fingerprint density at radius 2 is 2.05 bits per heavy atom. The van der Waals surface area contributed by atoms with Crippen molar-refractivity contribution in [3.63, 3.8) is 0 Å². The van der Waals surface area contributed by atoms with Crippen LogP contribution in [0.1, 0.15) is 6.92 Å². The number of nitrogens with zero attached hydrogens (tertiary/aromatic N) is 2. The minimum Gasteiger partial charge on any atom is -0.464 e. The number of aromatic nitrogens is 1. The van der Waals surface area contributed by atoms with Gasteiger partial charge in [0.05, 0.1) is 21.3 Å². The van der Waals surface area contributed by atoms with Crippen molar-refractivity contribution < 1.29 is 23.2 Å². The molecule has 0 aliphatic heterocycles. The second-order valence-electron chi connectivity index (χ2n) is 4.39. The first kappa shape index (κ1) is 15.7. The van der Waals surface area contributed by atoms with Crippen molar-refractivity contribution >= 4 is 21.6 Å². The molecule has 1 aromatic carbocycles. The van der Waals surface area contributed by atoms with E-state index in [1.165, 1.54) is 25.3 Å². The van der Waals surface area contributed by atoms with Gasteiger partial charge in [-0.25, -0.2) is 13.2 Å². The van der Waals surface area contributed by atoms with Crippen molar-refractivity contribution in [1.82, 2.24) is 4.57 Å². The van der Waals surface area contributed by atoms with Crippen LogP contribution < -0.4 is 0 Å². The van der Waals surface area contributed by atoms with Gasteiger partial charge in [-0.2, -0.15) is 0 Å². The Balaban J connectivity index is 2.81. The molecule has 0 spiro atoms. The van der Waals surface area contributed by atoms with E-state index in [1.54, 1.807) is 0 Å². The number of hydrogen-bond acceptors (Lipinski definition) is 5. The molecule has 0 fully saturated rings. The van der Waals surface area contributed by atoms with Gasteiger partial charge in [-0.1, -0.05) is 6.92 Å². The van der Waals surface area contributed by atoms with Crippen LogP contribution in [0.3, 0.4) is 0 Å². The van der Waals surface area contributed by atoms with Gasteiger partial charge in [0.2, 0.25) is 0 Å². The lowest BCUT2D eigenvalue weighted by Gasteiger charge is -2.10. The molecule has 0 aliphatic carbocycles. The summed E-state index contributed by atoms with van der Waals surface area (Å²) in [5.74, 6) is -0.203. The summed E-state index contributed by atoms with van der Waals surface area (Å²) < 4.78 is 25.1. The van der Waals surface area contributed by atoms with Crippen LogP contribution in [0.15, 0.2) is 41.4 Å². The standard InChI is InChI=1S/C13H12N2O6S/c1-2-22(20,21)12-6-5-9(15(18)19)8-10(12)11-4-3-7-14(11)13(16)17/h3-8H,2H2,1H3,(H,16,17). The first-order valence-electron chi connectivity index (χ1n) is 6.20. The van der Waals surface area contributed by atoms with Crippen LogP contribution in [-0.4, -0.2) is 34.9 Å². The number of hydrogen-bond donors (Lipinski definition) is 1. The molecule has 22 heavy (non-hydrogen) atoms. The molecule has 1 N–H and O–H groups in total. The maximum atomic E-state index is 12.2. The number of nitro benzene ring substituents is 1. The topological polar surface area (TPSA) is 120 Å². The molecule has 1 aromatic heterocycles. The monoisotopic (exact) mass is 324 g/mol. The Morgan fingerprint density at radius 3 is 2.59 bits per heavy atom. The fourth-order valence-electron chi connectivity index (χ4n) is 2.03. The van der Waals surface area contributed by atoms with E-state index >= 15 is 0 Å². The normalized spacial score (nSPS) is 11.3. The lowest BCUT2D eigenvalue weighted by atomic mass is 10.1. The minimum absolute atomic E-state index is 0.0107. The zero-order valence-corrected chi connectivity index (χ0v) is 12.3. The summed E-state index contributed by atoms with van der Waals surface area (Å²) in [6, 6.07) is 6.09. The zero-order chi connectivity index (χ0) is 16.5. The van der Waals surface area contributed by atoms with Crippen LogP contribution >= 0.6 is 0 Å². The van der Waals surface area contributed by atoms with Gasteiger partial charge in [0.1, 0.15) is 0 Å². The Morgan fingerprint density at radius 1 is 1.36 bits per heavy atom. The van der Waals surface area contributed by atoms with Crippen LogP contribution in [-0.2, 0) is 9.84 Å². The predicted molar refractivity (Wildman–Crippen MR) is 77.7 cm³/mol. The molecule has 0 unspecified atom stereocenters. The van der Waals surface area contributed by atoms with Crippen molar-refractivity contribution in [2.45, 2.75) is 11.8 Å². The Bertz CT molecular complexity index is 853. The highest BCUT2D eigenvalue weighted by Crippen LogP contribution is 2.32. The van der Waals surface area contributed by atoms with Crippen molar-refractivity contribution in [3.05, 3.63) is 46.6 Å². The summed E-state index contributed by atoms with van der Waals surface area (Å²) in [5.41, 5.74) is -0.269. The largest absolute Gasteiger partial charge is 0.464 e. The fourth-order valence-corrected chi connectivity index (χ4v) is 3.11. The summed E-state index contributed by atoms with van der Waals surface area (Å²) >= 11 is 0. The number of rotatable bonds is 4. The van der Waals surface area contributed by atoms with E-state index in [2.05, 4.69) is 0 Å². The van der Waals surface area contributed by atoms with E-state index in [-0.39, 0.29) is 27.6 Å². The van der Waals surface area contributed by atoms with Gasteiger partial charge in [0, 0.05) is 23.9 Å². The summed E-state index contributed by atoms with van der Waals surface area (Å²) in [7, 11) is -3.67. The van der Waals surface area contributed by atoms with Gasteiger partial charge in [0.15, 0.2) is 9.84 Å². The molecule has 9 heteroatoms. The second-order valence-corrected chi connectivity index (χ2v) is 6.63. The zero-order valence-electron chi connectivity index (χ0n) is 11.5. The Labute approximate surface area is 125 Å². The molecule has 0 amide bonds. The van der Waals surface area contributed by atoms with Gasteiger partial charge in [0.25, 0.3) is 5.69 Å². The van der Waals surface area contributed by atoms with Gasteiger partial charge >= 0.3 is 6.09 Å². The van der Waals surface area contributed by atoms with E-state index in [4.69, 9.17) is 5.11 Å². The Kier molecular flexibility index (Phi) is 4.00. The van der Waals surface area contributed by atoms with Gasteiger partial charge in [-0.15, -0.1) is 0 Å². The van der Waals surface area contributed by atoms with E-state index in [0.717, 1.165) is 22.8 Å². The molecule has 0 aliphatic rings. The lowest BCUT2D eigenvalue weighted by molar-refractivity contribution is -0.384. The third-order valence-corrected chi connectivity index (χ3v) is 4.91. The molecule has 0 bridgehead atoms. The first-order valence-corrected chi connectivity index (χ1v) is 7.85. The number of carbonyl (C=O) groups is 1. The van der Waals surface area contributed by atoms with Crippen LogP contribution in [0, 0.1) is 10.1 Å². The highest BCUT2D eigenvalue weighted by molar-refractivity contribution is 7.91. The second kappa shape index (κ2) is 5.60. The van der Waals surface area contributed by atoms with Crippen LogP contribution in [0.2, 0.25) is 0 Å². The Hall–Kier alpha value is -2.68. The summed E-state index contributed by atoms with van der Waals surface area (Å²) in [6.45, 7) is 1.44. The van der Waals surface area contributed by atoms with Crippen LogP contribution in [0.5, 0.6) is 0 Å². The highest BCUT2D eigenvalue weighted by Gasteiger charge is 2.23. The highest BCUT2D eigenvalue weighted by atomic mass is 32.2. The van der Waals surface area contributed by atoms with Crippen molar-refractivity contribution in [2.75, 3.05) is 5.75 Å². The molecule has 2 aromatic rings. The van der Waals surface area contributed by atoms with Crippen LogP contribution in [0.4, 0.5) is 10.5 Å². The number of carboxylic acid groups (broad SMARTS) is 1. The predicted octanol–water partition coefficient (Wildman–Crippen LogP) is 2.38. The number of benzene rings is 1. The molecule has 0 radical (unpaired) electrons.